The summed E-state index contributed by atoms with van der Waals surface area (Å²) in [6.07, 6.45) is 0. The van der Waals surface area contributed by atoms with Crippen molar-refractivity contribution in [2.75, 3.05) is 7.11 Å². The van der Waals surface area contributed by atoms with Crippen molar-refractivity contribution in [1.29, 1.82) is 0 Å². The fourth-order valence-corrected chi connectivity index (χ4v) is 2.33. The van der Waals surface area contributed by atoms with E-state index >= 15 is 0 Å². The smallest absolute Gasteiger partial charge is 0.335 e. The lowest BCUT2D eigenvalue weighted by molar-refractivity contribution is 0.0696. The molecule has 2 aromatic carbocycles. The molecule has 0 saturated heterocycles. The summed E-state index contributed by atoms with van der Waals surface area (Å²) in [6, 6.07) is 12.6. The van der Waals surface area contributed by atoms with E-state index in [4.69, 9.17) is 14.6 Å². The van der Waals surface area contributed by atoms with Crippen molar-refractivity contribution in [3.8, 4) is 5.75 Å². The van der Waals surface area contributed by atoms with Crippen LogP contribution in [0.2, 0.25) is 0 Å². The second-order valence-electron chi connectivity index (χ2n) is 4.46. The number of methoxy groups -OCH3 is 1. The molecule has 2 rings (SSSR count). The topological polar surface area (TPSA) is 55.8 Å². The number of carbonyl (C=O) groups is 1. The number of hydrogen-bond acceptors (Lipinski definition) is 3. The lowest BCUT2D eigenvalue weighted by atomic mass is 10.1. The van der Waals surface area contributed by atoms with Gasteiger partial charge in [-0.3, -0.25) is 0 Å². The van der Waals surface area contributed by atoms with E-state index in [1.165, 1.54) is 0 Å². The molecule has 4 nitrogen and oxygen atoms in total. The molecule has 0 radical (unpaired) electrons. The fourth-order valence-electron chi connectivity index (χ4n) is 1.84. The summed E-state index contributed by atoms with van der Waals surface area (Å²) in [5.41, 5.74) is 2.17. The van der Waals surface area contributed by atoms with Gasteiger partial charge in [-0.2, -0.15) is 0 Å². The van der Waals surface area contributed by atoms with Gasteiger partial charge in [0, 0.05) is 4.47 Å². The maximum atomic E-state index is 10.9. The first kappa shape index (κ1) is 15.5. The average molecular weight is 351 g/mol. The van der Waals surface area contributed by atoms with Gasteiger partial charge < -0.3 is 14.6 Å². The SMILES string of the molecule is COc1cccc(COCc2ccc(C(=O)O)cc2Br)c1. The Balaban J connectivity index is 1.95. The molecule has 1 N–H and O–H groups in total. The predicted molar refractivity (Wildman–Crippen MR) is 82.6 cm³/mol. The quantitative estimate of drug-likeness (QED) is 0.858. The molecule has 0 aromatic heterocycles. The first-order valence-corrected chi connectivity index (χ1v) is 7.12. The Morgan fingerprint density at radius 2 is 2.00 bits per heavy atom. The molecule has 0 aliphatic heterocycles. The van der Waals surface area contributed by atoms with Crippen LogP contribution < -0.4 is 4.74 Å². The summed E-state index contributed by atoms with van der Waals surface area (Å²) in [5, 5.41) is 8.91. The third kappa shape index (κ3) is 4.31. The van der Waals surface area contributed by atoms with Gasteiger partial charge in [-0.15, -0.1) is 0 Å². The molecule has 0 atom stereocenters. The molecule has 2 aromatic rings. The molecule has 0 fully saturated rings. The maximum Gasteiger partial charge on any atom is 0.335 e. The summed E-state index contributed by atoms with van der Waals surface area (Å²) in [5.74, 6) is -0.150. The van der Waals surface area contributed by atoms with Gasteiger partial charge >= 0.3 is 5.97 Å². The third-order valence-electron chi connectivity index (χ3n) is 2.96. The molecule has 21 heavy (non-hydrogen) atoms. The van der Waals surface area contributed by atoms with Gasteiger partial charge in [0.05, 0.1) is 25.9 Å². The zero-order valence-electron chi connectivity index (χ0n) is 11.5. The van der Waals surface area contributed by atoms with Crippen LogP contribution >= 0.6 is 15.9 Å². The number of carboxylic acids is 1. The van der Waals surface area contributed by atoms with E-state index in [2.05, 4.69) is 15.9 Å². The number of benzene rings is 2. The van der Waals surface area contributed by atoms with Gasteiger partial charge in [0.15, 0.2) is 0 Å². The number of aromatic carboxylic acids is 1. The fraction of sp³-hybridized carbons (Fsp3) is 0.188. The molecule has 0 saturated carbocycles. The molecule has 0 spiro atoms. The summed E-state index contributed by atoms with van der Waals surface area (Å²) >= 11 is 3.36. The van der Waals surface area contributed by atoms with E-state index in [0.29, 0.717) is 13.2 Å². The molecule has 0 bridgehead atoms. The molecule has 0 amide bonds. The highest BCUT2D eigenvalue weighted by Gasteiger charge is 2.07. The van der Waals surface area contributed by atoms with E-state index in [1.807, 2.05) is 24.3 Å². The molecule has 0 aliphatic carbocycles. The number of carboxylic acid groups (broad SMARTS) is 1. The molecular weight excluding hydrogens is 336 g/mol. The third-order valence-corrected chi connectivity index (χ3v) is 3.70. The van der Waals surface area contributed by atoms with Crippen LogP contribution in [0.1, 0.15) is 21.5 Å². The van der Waals surface area contributed by atoms with Crippen LogP contribution in [-0.4, -0.2) is 18.2 Å². The van der Waals surface area contributed by atoms with Crippen LogP contribution in [0.15, 0.2) is 46.9 Å². The Morgan fingerprint density at radius 3 is 2.67 bits per heavy atom. The number of hydrogen-bond donors (Lipinski definition) is 1. The van der Waals surface area contributed by atoms with Crippen LogP contribution in [0, 0.1) is 0 Å². The minimum atomic E-state index is -0.945. The molecule has 5 heteroatoms. The van der Waals surface area contributed by atoms with Crippen LogP contribution in [0.3, 0.4) is 0 Å². The summed E-state index contributed by atoms with van der Waals surface area (Å²) in [6.45, 7) is 0.863. The largest absolute Gasteiger partial charge is 0.497 e. The van der Waals surface area contributed by atoms with Gasteiger partial charge in [-0.05, 0) is 35.4 Å². The summed E-state index contributed by atoms with van der Waals surface area (Å²) in [7, 11) is 1.63. The van der Waals surface area contributed by atoms with E-state index < -0.39 is 5.97 Å². The summed E-state index contributed by atoms with van der Waals surface area (Å²) < 4.78 is 11.5. The average Bonchev–Trinajstić information content (AvgIpc) is 2.49. The molecular formula is C16H15BrO4. The minimum Gasteiger partial charge on any atom is -0.497 e. The lowest BCUT2D eigenvalue weighted by Crippen LogP contribution is -1.99. The van der Waals surface area contributed by atoms with Crippen LogP contribution in [0.25, 0.3) is 0 Å². The minimum absolute atomic E-state index is 0.249. The zero-order valence-corrected chi connectivity index (χ0v) is 13.1. The van der Waals surface area contributed by atoms with E-state index in [-0.39, 0.29) is 5.56 Å². The molecule has 110 valence electrons. The monoisotopic (exact) mass is 350 g/mol. The molecule has 0 heterocycles. The van der Waals surface area contributed by atoms with Crippen molar-refractivity contribution in [1.82, 2.24) is 0 Å². The van der Waals surface area contributed by atoms with Crippen molar-refractivity contribution in [2.45, 2.75) is 13.2 Å². The highest BCUT2D eigenvalue weighted by molar-refractivity contribution is 9.10. The van der Waals surface area contributed by atoms with Crippen molar-refractivity contribution >= 4 is 21.9 Å². The lowest BCUT2D eigenvalue weighted by Gasteiger charge is -2.08. The van der Waals surface area contributed by atoms with Crippen LogP contribution in [0.5, 0.6) is 5.75 Å². The first-order chi connectivity index (χ1) is 10.1. The van der Waals surface area contributed by atoms with Crippen molar-refractivity contribution in [3.05, 3.63) is 63.6 Å². The van der Waals surface area contributed by atoms with Gasteiger partial charge in [-0.1, -0.05) is 34.1 Å². The van der Waals surface area contributed by atoms with Gasteiger partial charge in [0.25, 0.3) is 0 Å². The Labute approximate surface area is 131 Å². The van der Waals surface area contributed by atoms with Crippen molar-refractivity contribution in [3.63, 3.8) is 0 Å². The highest BCUT2D eigenvalue weighted by atomic mass is 79.9. The Hall–Kier alpha value is -1.85. The molecule has 0 unspecified atom stereocenters. The second-order valence-corrected chi connectivity index (χ2v) is 5.31. The number of ether oxygens (including phenoxy) is 2. The Kier molecular flexibility index (Phi) is 5.36. The standard InChI is InChI=1S/C16H15BrO4/c1-20-14-4-2-3-11(7-14)9-21-10-13-6-5-12(16(18)19)8-15(13)17/h2-8H,9-10H2,1H3,(H,18,19). The van der Waals surface area contributed by atoms with Gasteiger partial charge in [0.1, 0.15) is 5.75 Å². The first-order valence-electron chi connectivity index (χ1n) is 6.32. The number of halogens is 1. The van der Waals surface area contributed by atoms with Crippen LogP contribution in [-0.2, 0) is 18.0 Å². The van der Waals surface area contributed by atoms with E-state index in [0.717, 1.165) is 21.3 Å². The van der Waals surface area contributed by atoms with Crippen LogP contribution in [0.4, 0.5) is 0 Å². The number of rotatable bonds is 6. The van der Waals surface area contributed by atoms with E-state index in [1.54, 1.807) is 25.3 Å². The Bertz CT molecular complexity index is 640. The second kappa shape index (κ2) is 7.24. The summed E-state index contributed by atoms with van der Waals surface area (Å²) in [4.78, 5) is 10.9. The zero-order chi connectivity index (χ0) is 15.2. The molecule has 0 aliphatic rings. The van der Waals surface area contributed by atoms with Crippen molar-refractivity contribution in [2.24, 2.45) is 0 Å². The van der Waals surface area contributed by atoms with Crippen molar-refractivity contribution < 1.29 is 19.4 Å². The highest BCUT2D eigenvalue weighted by Crippen LogP contribution is 2.20. The predicted octanol–water partition coefficient (Wildman–Crippen LogP) is 3.87. The van der Waals surface area contributed by atoms with E-state index in [9.17, 15) is 4.79 Å². The Morgan fingerprint density at radius 1 is 1.19 bits per heavy atom. The van der Waals surface area contributed by atoms with Gasteiger partial charge in [-0.25, -0.2) is 4.79 Å². The normalized spacial score (nSPS) is 10.4. The van der Waals surface area contributed by atoms with Gasteiger partial charge in [0.2, 0.25) is 0 Å². The maximum absolute atomic E-state index is 10.9.